The van der Waals surface area contributed by atoms with E-state index in [2.05, 4.69) is 24.3 Å². The molecule has 0 aliphatic carbocycles. The minimum Gasteiger partial charge on any atom is -0.345 e. The van der Waals surface area contributed by atoms with Gasteiger partial charge < -0.3 is 5.32 Å². The molecule has 0 unspecified atom stereocenters. The van der Waals surface area contributed by atoms with Gasteiger partial charge in [0.1, 0.15) is 5.15 Å². The molecule has 1 aromatic heterocycles. The lowest BCUT2D eigenvalue weighted by Gasteiger charge is -2.14. The molecule has 4 nitrogen and oxygen atoms in total. The molecular weight excluding hydrogens is 298 g/mol. The number of nitrogens with one attached hydrogen (secondary N) is 1. The number of carbonyl (C=O) groups is 1. The summed E-state index contributed by atoms with van der Waals surface area (Å²) in [5.41, 5.74) is 2.17. The Kier molecular flexibility index (Phi) is 5.24. The molecule has 0 aliphatic rings. The molecule has 22 heavy (non-hydrogen) atoms. The quantitative estimate of drug-likeness (QED) is 0.905. The lowest BCUT2D eigenvalue weighted by Crippen LogP contribution is -2.27. The van der Waals surface area contributed by atoms with E-state index >= 15 is 0 Å². The second-order valence-electron chi connectivity index (χ2n) is 5.93. The predicted octanol–water partition coefficient (Wildman–Crippen LogP) is 3.99. The summed E-state index contributed by atoms with van der Waals surface area (Å²) in [5.74, 6) is 0.227. The summed E-state index contributed by atoms with van der Waals surface area (Å²) in [4.78, 5) is 12.5. The van der Waals surface area contributed by atoms with Crippen LogP contribution >= 0.6 is 11.6 Å². The van der Waals surface area contributed by atoms with Crippen LogP contribution in [0.4, 0.5) is 0 Å². The summed E-state index contributed by atoms with van der Waals surface area (Å²) < 4.78 is 1.70. The number of aryl methyl sites for hydroxylation is 1. The van der Waals surface area contributed by atoms with Crippen LogP contribution in [0.1, 0.15) is 48.4 Å². The molecule has 0 spiro atoms. The molecule has 0 bridgehead atoms. The van der Waals surface area contributed by atoms with Crippen LogP contribution in [0, 0.1) is 12.8 Å². The van der Waals surface area contributed by atoms with E-state index in [-0.39, 0.29) is 11.9 Å². The van der Waals surface area contributed by atoms with Crippen molar-refractivity contribution in [1.29, 1.82) is 0 Å². The van der Waals surface area contributed by atoms with Gasteiger partial charge in [0.15, 0.2) is 0 Å². The van der Waals surface area contributed by atoms with Gasteiger partial charge in [-0.05, 0) is 25.3 Å². The Morgan fingerprint density at radius 3 is 2.50 bits per heavy atom. The summed E-state index contributed by atoms with van der Waals surface area (Å²) in [5, 5.41) is 7.77. The third-order valence-corrected chi connectivity index (χ3v) is 3.86. The topological polar surface area (TPSA) is 46.9 Å². The van der Waals surface area contributed by atoms with Crippen LogP contribution in [0.25, 0.3) is 0 Å². The van der Waals surface area contributed by atoms with Crippen molar-refractivity contribution in [2.75, 3.05) is 0 Å². The summed E-state index contributed by atoms with van der Waals surface area (Å²) in [6.07, 6.45) is 0. The monoisotopic (exact) mass is 319 g/mol. The molecule has 0 fully saturated rings. The molecule has 2 rings (SSSR count). The van der Waals surface area contributed by atoms with Crippen LogP contribution in [0.3, 0.4) is 0 Å². The van der Waals surface area contributed by atoms with Gasteiger partial charge in [-0.2, -0.15) is 5.10 Å². The zero-order valence-electron chi connectivity index (χ0n) is 13.4. The van der Waals surface area contributed by atoms with Gasteiger partial charge in [-0.3, -0.25) is 9.48 Å². The number of nitrogens with zero attached hydrogens (tertiary/aromatic N) is 2. The van der Waals surface area contributed by atoms with E-state index in [1.165, 1.54) is 0 Å². The van der Waals surface area contributed by atoms with Crippen LogP contribution in [0.15, 0.2) is 30.3 Å². The normalized spacial score (nSPS) is 12.5. The van der Waals surface area contributed by atoms with E-state index < -0.39 is 0 Å². The van der Waals surface area contributed by atoms with Crippen molar-refractivity contribution in [3.05, 3.63) is 52.3 Å². The van der Waals surface area contributed by atoms with Crippen molar-refractivity contribution in [2.24, 2.45) is 5.92 Å². The second-order valence-corrected chi connectivity index (χ2v) is 6.29. The summed E-state index contributed by atoms with van der Waals surface area (Å²) in [6.45, 7) is 8.64. The molecular formula is C17H22ClN3O. The summed E-state index contributed by atoms with van der Waals surface area (Å²) >= 11 is 6.34. The Hall–Kier alpha value is -1.81. The second kappa shape index (κ2) is 6.97. The van der Waals surface area contributed by atoms with Crippen LogP contribution in [-0.4, -0.2) is 15.7 Å². The van der Waals surface area contributed by atoms with Crippen LogP contribution < -0.4 is 5.32 Å². The maximum atomic E-state index is 12.5. The highest BCUT2D eigenvalue weighted by atomic mass is 35.5. The van der Waals surface area contributed by atoms with Crippen LogP contribution in [0.2, 0.25) is 5.15 Å². The molecule has 1 aromatic carbocycles. The lowest BCUT2D eigenvalue weighted by atomic mass is 10.1. The predicted molar refractivity (Wildman–Crippen MR) is 89.1 cm³/mol. The number of benzene rings is 1. The number of hydrogen-bond donors (Lipinski definition) is 1. The fourth-order valence-electron chi connectivity index (χ4n) is 2.37. The molecule has 1 heterocycles. The molecule has 5 heteroatoms. The zero-order valence-corrected chi connectivity index (χ0v) is 14.2. The van der Waals surface area contributed by atoms with Gasteiger partial charge >= 0.3 is 0 Å². The first-order valence-corrected chi connectivity index (χ1v) is 7.86. The van der Waals surface area contributed by atoms with E-state index in [0.717, 1.165) is 5.56 Å². The molecule has 0 saturated carbocycles. The standard InChI is InChI=1S/C17H22ClN3O/c1-11(2)10-21-16(18)15(13(4)20-21)17(22)19-12(3)14-8-6-5-7-9-14/h5-9,11-12H,10H2,1-4H3,(H,19,22)/t12-/m0/s1. The van der Waals surface area contributed by atoms with Crippen molar-refractivity contribution in [3.8, 4) is 0 Å². The number of rotatable bonds is 5. The lowest BCUT2D eigenvalue weighted by molar-refractivity contribution is 0.0939. The number of amides is 1. The Bertz CT molecular complexity index is 649. The van der Waals surface area contributed by atoms with Gasteiger partial charge in [-0.15, -0.1) is 0 Å². The van der Waals surface area contributed by atoms with E-state index in [0.29, 0.717) is 28.9 Å². The van der Waals surface area contributed by atoms with Gasteiger partial charge in [0.2, 0.25) is 0 Å². The summed E-state index contributed by atoms with van der Waals surface area (Å²) in [6, 6.07) is 9.75. The highest BCUT2D eigenvalue weighted by Gasteiger charge is 2.22. The molecule has 118 valence electrons. The molecule has 2 aromatic rings. The molecule has 1 amide bonds. The van der Waals surface area contributed by atoms with Gasteiger partial charge in [0.05, 0.1) is 17.3 Å². The Labute approximate surface area is 136 Å². The molecule has 0 radical (unpaired) electrons. The summed E-state index contributed by atoms with van der Waals surface area (Å²) in [7, 11) is 0. The average molecular weight is 320 g/mol. The third-order valence-electron chi connectivity index (χ3n) is 3.48. The first-order chi connectivity index (χ1) is 10.4. The van der Waals surface area contributed by atoms with Crippen LogP contribution in [-0.2, 0) is 6.54 Å². The molecule has 0 saturated heterocycles. The highest BCUT2D eigenvalue weighted by molar-refractivity contribution is 6.33. The molecule has 0 aliphatic heterocycles. The number of halogens is 1. The first kappa shape index (κ1) is 16.6. The maximum Gasteiger partial charge on any atom is 0.256 e. The third kappa shape index (κ3) is 3.69. The first-order valence-electron chi connectivity index (χ1n) is 7.48. The largest absolute Gasteiger partial charge is 0.345 e. The molecule has 1 N–H and O–H groups in total. The Balaban J connectivity index is 2.18. The Morgan fingerprint density at radius 1 is 1.27 bits per heavy atom. The van der Waals surface area contributed by atoms with E-state index in [9.17, 15) is 4.79 Å². The van der Waals surface area contributed by atoms with E-state index in [1.807, 2.05) is 44.2 Å². The minimum absolute atomic E-state index is 0.0855. The maximum absolute atomic E-state index is 12.5. The number of hydrogen-bond acceptors (Lipinski definition) is 2. The highest BCUT2D eigenvalue weighted by Crippen LogP contribution is 2.22. The van der Waals surface area contributed by atoms with Crippen LogP contribution in [0.5, 0.6) is 0 Å². The van der Waals surface area contributed by atoms with Crippen molar-refractivity contribution in [3.63, 3.8) is 0 Å². The number of carbonyl (C=O) groups excluding carboxylic acids is 1. The minimum atomic E-state index is -0.186. The zero-order chi connectivity index (χ0) is 16.3. The van der Waals surface area contributed by atoms with Crippen molar-refractivity contribution in [2.45, 2.75) is 40.3 Å². The van der Waals surface area contributed by atoms with E-state index in [1.54, 1.807) is 4.68 Å². The van der Waals surface area contributed by atoms with Gasteiger partial charge in [-0.25, -0.2) is 0 Å². The van der Waals surface area contributed by atoms with Crippen molar-refractivity contribution >= 4 is 17.5 Å². The molecule has 1 atom stereocenters. The van der Waals surface area contributed by atoms with Gasteiger partial charge in [-0.1, -0.05) is 55.8 Å². The fourth-order valence-corrected chi connectivity index (χ4v) is 2.70. The fraction of sp³-hybridized carbons (Fsp3) is 0.412. The average Bonchev–Trinajstić information content (AvgIpc) is 2.73. The SMILES string of the molecule is Cc1nn(CC(C)C)c(Cl)c1C(=O)N[C@@H](C)c1ccccc1. The van der Waals surface area contributed by atoms with Crippen molar-refractivity contribution in [1.82, 2.24) is 15.1 Å². The van der Waals surface area contributed by atoms with Gasteiger partial charge in [0, 0.05) is 6.54 Å². The van der Waals surface area contributed by atoms with Crippen molar-refractivity contribution < 1.29 is 4.79 Å². The number of aromatic nitrogens is 2. The smallest absolute Gasteiger partial charge is 0.256 e. The van der Waals surface area contributed by atoms with Gasteiger partial charge in [0.25, 0.3) is 5.91 Å². The van der Waals surface area contributed by atoms with E-state index in [4.69, 9.17) is 11.6 Å². The Morgan fingerprint density at radius 2 is 1.91 bits per heavy atom.